The molecular formula is C22H14ClF6N3O3. The molecule has 0 amide bonds. The van der Waals surface area contributed by atoms with Crippen molar-refractivity contribution in [2.24, 2.45) is 0 Å². The van der Waals surface area contributed by atoms with Crippen molar-refractivity contribution in [2.45, 2.75) is 18.3 Å². The van der Waals surface area contributed by atoms with Gasteiger partial charge in [0.05, 0.1) is 22.7 Å². The lowest BCUT2D eigenvalue weighted by atomic mass is 9.95. The summed E-state index contributed by atoms with van der Waals surface area (Å²) < 4.78 is 82.3. The fourth-order valence-corrected chi connectivity index (χ4v) is 3.47. The standard InChI is InChI=1S/C22H14ClF6N3O3/c23-13-8-12(9-14(10-13)32-6-5-18(30)31-20(32)35)16(21(24,25)26)4-2-11-1-3-15(19(33)34)17(7-11)22(27,28)29/h1-10,16H,(H,33,34)(H2,30,31,35)/b4-2+. The van der Waals surface area contributed by atoms with Gasteiger partial charge in [-0.3, -0.25) is 4.57 Å². The summed E-state index contributed by atoms with van der Waals surface area (Å²) >= 11 is 5.98. The van der Waals surface area contributed by atoms with Gasteiger partial charge in [0, 0.05) is 11.2 Å². The number of aromatic nitrogens is 2. The zero-order valence-electron chi connectivity index (χ0n) is 17.2. The van der Waals surface area contributed by atoms with E-state index in [2.05, 4.69) is 4.98 Å². The molecule has 0 aliphatic rings. The Hall–Kier alpha value is -3.80. The van der Waals surface area contributed by atoms with Gasteiger partial charge in [0.2, 0.25) is 0 Å². The highest BCUT2D eigenvalue weighted by atomic mass is 35.5. The van der Waals surface area contributed by atoms with Crippen LogP contribution in [-0.4, -0.2) is 26.8 Å². The normalized spacial score (nSPS) is 13.2. The number of hydrogen-bond acceptors (Lipinski definition) is 4. The van der Waals surface area contributed by atoms with Gasteiger partial charge in [-0.2, -0.15) is 31.3 Å². The molecule has 0 fully saturated rings. The summed E-state index contributed by atoms with van der Waals surface area (Å²) in [5.74, 6) is -4.26. The Kier molecular flexibility index (Phi) is 6.97. The Morgan fingerprint density at radius 1 is 1.09 bits per heavy atom. The molecular weight excluding hydrogens is 504 g/mol. The second-order valence-electron chi connectivity index (χ2n) is 7.23. The van der Waals surface area contributed by atoms with Crippen LogP contribution >= 0.6 is 11.6 Å². The first-order valence-corrected chi connectivity index (χ1v) is 9.90. The minimum Gasteiger partial charge on any atom is -0.478 e. The minimum absolute atomic E-state index is 0.0437. The number of allylic oxidation sites excluding steroid dienone is 1. The summed E-state index contributed by atoms with van der Waals surface area (Å²) in [6.07, 6.45) is -7.34. The highest BCUT2D eigenvalue weighted by Crippen LogP contribution is 2.39. The highest BCUT2D eigenvalue weighted by Gasteiger charge is 2.39. The third kappa shape index (κ3) is 6.01. The number of aromatic carboxylic acids is 1. The molecule has 0 radical (unpaired) electrons. The first-order valence-electron chi connectivity index (χ1n) is 9.52. The first-order chi connectivity index (χ1) is 16.2. The molecule has 0 aliphatic heterocycles. The van der Waals surface area contributed by atoms with E-state index in [-0.39, 0.29) is 22.1 Å². The summed E-state index contributed by atoms with van der Waals surface area (Å²) in [6, 6.07) is 6.55. The maximum atomic E-state index is 13.9. The number of carboxylic acids is 1. The molecule has 184 valence electrons. The Balaban J connectivity index is 2.08. The number of nitrogens with two attached hydrogens (primary N) is 1. The maximum absolute atomic E-state index is 13.9. The topological polar surface area (TPSA) is 98.2 Å². The number of nitrogens with zero attached hydrogens (tertiary/aromatic N) is 2. The number of alkyl halides is 6. The molecule has 35 heavy (non-hydrogen) atoms. The van der Waals surface area contributed by atoms with Crippen LogP contribution in [0.25, 0.3) is 11.8 Å². The van der Waals surface area contributed by atoms with Crippen molar-refractivity contribution in [3.63, 3.8) is 0 Å². The van der Waals surface area contributed by atoms with E-state index in [0.29, 0.717) is 18.2 Å². The van der Waals surface area contributed by atoms with E-state index in [0.717, 1.165) is 28.8 Å². The molecule has 1 atom stereocenters. The minimum atomic E-state index is -5.04. The molecule has 3 rings (SSSR count). The van der Waals surface area contributed by atoms with Crippen molar-refractivity contribution in [1.29, 1.82) is 0 Å². The number of hydrogen-bond donors (Lipinski definition) is 2. The molecule has 1 heterocycles. The van der Waals surface area contributed by atoms with Crippen LogP contribution in [0.2, 0.25) is 5.02 Å². The third-order valence-corrected chi connectivity index (χ3v) is 5.00. The molecule has 13 heteroatoms. The van der Waals surface area contributed by atoms with Crippen LogP contribution < -0.4 is 11.4 Å². The van der Waals surface area contributed by atoms with Crippen molar-refractivity contribution < 1.29 is 36.2 Å². The third-order valence-electron chi connectivity index (χ3n) is 4.78. The number of carboxylic acid groups (broad SMARTS) is 1. The quantitative estimate of drug-likeness (QED) is 0.433. The zero-order chi connectivity index (χ0) is 26.1. The number of carbonyl (C=O) groups is 1. The van der Waals surface area contributed by atoms with E-state index in [1.165, 1.54) is 18.3 Å². The molecule has 6 nitrogen and oxygen atoms in total. The van der Waals surface area contributed by atoms with Gasteiger partial charge in [-0.1, -0.05) is 29.8 Å². The number of halogens is 7. The lowest BCUT2D eigenvalue weighted by Crippen LogP contribution is -2.23. The molecule has 0 saturated carbocycles. The van der Waals surface area contributed by atoms with Gasteiger partial charge in [0.1, 0.15) is 5.82 Å². The molecule has 0 saturated heterocycles. The second kappa shape index (κ2) is 9.45. The van der Waals surface area contributed by atoms with Gasteiger partial charge >= 0.3 is 24.0 Å². The van der Waals surface area contributed by atoms with Crippen molar-refractivity contribution >= 4 is 29.5 Å². The van der Waals surface area contributed by atoms with Crippen molar-refractivity contribution in [3.8, 4) is 5.69 Å². The van der Waals surface area contributed by atoms with Gasteiger partial charge in [-0.25, -0.2) is 9.59 Å². The fourth-order valence-electron chi connectivity index (χ4n) is 3.23. The molecule has 1 aromatic heterocycles. The van der Waals surface area contributed by atoms with Gasteiger partial charge in [-0.05, 0) is 47.5 Å². The number of anilines is 1. The Morgan fingerprint density at radius 3 is 2.34 bits per heavy atom. The van der Waals surface area contributed by atoms with E-state index in [1.807, 2.05) is 0 Å². The largest absolute Gasteiger partial charge is 0.478 e. The van der Waals surface area contributed by atoms with Crippen molar-refractivity contribution in [1.82, 2.24) is 9.55 Å². The Morgan fingerprint density at radius 2 is 1.77 bits per heavy atom. The van der Waals surface area contributed by atoms with Crippen LogP contribution in [0.4, 0.5) is 32.2 Å². The van der Waals surface area contributed by atoms with Crippen LogP contribution in [-0.2, 0) is 6.18 Å². The van der Waals surface area contributed by atoms with Gasteiger partial charge < -0.3 is 10.8 Å². The lowest BCUT2D eigenvalue weighted by molar-refractivity contribution is -0.139. The summed E-state index contributed by atoms with van der Waals surface area (Å²) in [7, 11) is 0. The zero-order valence-corrected chi connectivity index (χ0v) is 18.0. The summed E-state index contributed by atoms with van der Waals surface area (Å²) in [5.41, 5.74) is 1.25. The molecule has 3 N–H and O–H groups in total. The molecule has 3 aromatic rings. The van der Waals surface area contributed by atoms with Crippen molar-refractivity contribution in [2.75, 3.05) is 5.73 Å². The predicted octanol–water partition coefficient (Wildman–Crippen LogP) is 5.54. The predicted molar refractivity (Wildman–Crippen MR) is 115 cm³/mol. The molecule has 0 aliphatic carbocycles. The average Bonchev–Trinajstić information content (AvgIpc) is 2.71. The van der Waals surface area contributed by atoms with Crippen LogP contribution in [0.5, 0.6) is 0 Å². The molecule has 0 spiro atoms. The number of nitrogen functional groups attached to an aromatic ring is 1. The smallest absolute Gasteiger partial charge is 0.417 e. The second-order valence-corrected chi connectivity index (χ2v) is 7.67. The number of rotatable bonds is 5. The Labute approximate surface area is 197 Å². The van der Waals surface area contributed by atoms with Gasteiger partial charge in [0.25, 0.3) is 0 Å². The van der Waals surface area contributed by atoms with Gasteiger partial charge in [-0.15, -0.1) is 0 Å². The average molecular weight is 518 g/mol. The van der Waals surface area contributed by atoms with Crippen LogP contribution in [0, 0.1) is 0 Å². The number of benzene rings is 2. The van der Waals surface area contributed by atoms with Crippen LogP contribution in [0.1, 0.15) is 33.0 Å². The highest BCUT2D eigenvalue weighted by molar-refractivity contribution is 6.30. The SMILES string of the molecule is Nc1ccn(-c2cc(Cl)cc(C(/C=C/c3ccc(C(=O)O)c(C(F)(F)F)c3)C(F)(F)F)c2)c(=O)n1. The van der Waals surface area contributed by atoms with Crippen LogP contribution in [0.3, 0.4) is 0 Å². The maximum Gasteiger partial charge on any atom is 0.417 e. The lowest BCUT2D eigenvalue weighted by Gasteiger charge is -2.19. The molecule has 0 bridgehead atoms. The Bertz CT molecular complexity index is 1370. The van der Waals surface area contributed by atoms with E-state index in [9.17, 15) is 35.9 Å². The molecule has 2 aromatic carbocycles. The van der Waals surface area contributed by atoms with E-state index in [1.54, 1.807) is 0 Å². The summed E-state index contributed by atoms with van der Waals surface area (Å²) in [4.78, 5) is 26.7. The fraction of sp³-hybridized carbons (Fsp3) is 0.136. The van der Waals surface area contributed by atoms with E-state index >= 15 is 0 Å². The van der Waals surface area contributed by atoms with Gasteiger partial charge in [0.15, 0.2) is 0 Å². The summed E-state index contributed by atoms with van der Waals surface area (Å²) in [5, 5.41) is 8.81. The monoisotopic (exact) mass is 517 g/mol. The first kappa shape index (κ1) is 25.8. The van der Waals surface area contributed by atoms with Crippen molar-refractivity contribution in [3.05, 3.63) is 92.5 Å². The van der Waals surface area contributed by atoms with E-state index in [4.69, 9.17) is 22.4 Å². The van der Waals surface area contributed by atoms with Crippen LogP contribution in [0.15, 0.2) is 59.5 Å². The van der Waals surface area contributed by atoms with E-state index < -0.39 is 46.6 Å². The molecule has 1 unspecified atom stereocenters. The summed E-state index contributed by atoms with van der Waals surface area (Å²) in [6.45, 7) is 0.